The first-order chi connectivity index (χ1) is 19.0. The molecule has 2 aromatic carbocycles. The molecule has 5 aromatic rings. The van der Waals surface area contributed by atoms with Crippen molar-refractivity contribution in [1.29, 1.82) is 0 Å². The fraction of sp³-hybridized carbons (Fsp3) is 0.143. The van der Waals surface area contributed by atoms with E-state index in [0.717, 1.165) is 3.97 Å². The van der Waals surface area contributed by atoms with Crippen LogP contribution in [0.4, 0.5) is 27.9 Å². The highest BCUT2D eigenvalue weighted by atomic mass is 32.2. The second-order valence-corrected chi connectivity index (χ2v) is 11.7. The Bertz CT molecular complexity index is 1810. The zero-order valence-electron chi connectivity index (χ0n) is 22.0. The van der Waals surface area contributed by atoms with Crippen LogP contribution in [0.15, 0.2) is 90.1 Å². The van der Waals surface area contributed by atoms with Crippen LogP contribution in [-0.2, 0) is 14.8 Å². The number of nitrogens with two attached hydrogens (primary N) is 1. The molecule has 5 rings (SSSR count). The Morgan fingerprint density at radius 3 is 2.48 bits per heavy atom. The van der Waals surface area contributed by atoms with Gasteiger partial charge in [-0.1, -0.05) is 24.3 Å². The van der Waals surface area contributed by atoms with Gasteiger partial charge in [0, 0.05) is 40.8 Å². The lowest BCUT2D eigenvalue weighted by atomic mass is 10.1. The molecule has 0 unspecified atom stereocenters. The van der Waals surface area contributed by atoms with E-state index in [4.69, 9.17) is 10.5 Å². The van der Waals surface area contributed by atoms with Crippen LogP contribution in [0.5, 0.6) is 0 Å². The van der Waals surface area contributed by atoms with Gasteiger partial charge in [-0.25, -0.2) is 27.2 Å². The zero-order chi connectivity index (χ0) is 28.5. The van der Waals surface area contributed by atoms with Crippen LogP contribution in [0.2, 0.25) is 0 Å². The number of benzene rings is 2. The minimum atomic E-state index is -3.83. The lowest BCUT2D eigenvalue weighted by molar-refractivity contribution is 0.0634. The highest BCUT2D eigenvalue weighted by Crippen LogP contribution is 2.28. The number of ether oxygens (including phenoxy) is 1. The number of amides is 1. The van der Waals surface area contributed by atoms with Crippen molar-refractivity contribution in [2.75, 3.05) is 16.4 Å². The molecule has 0 bridgehead atoms. The molecule has 0 fully saturated rings. The minimum Gasteiger partial charge on any atom is -0.444 e. The molecule has 204 valence electrons. The number of carbonyl (C=O) groups is 1. The lowest BCUT2D eigenvalue weighted by Gasteiger charge is -2.19. The van der Waals surface area contributed by atoms with Gasteiger partial charge in [-0.2, -0.15) is 4.98 Å². The Balaban J connectivity index is 1.53. The van der Waals surface area contributed by atoms with E-state index in [1.165, 1.54) is 24.5 Å². The summed E-state index contributed by atoms with van der Waals surface area (Å²) in [6, 6.07) is 20.4. The largest absolute Gasteiger partial charge is 0.444 e. The predicted octanol–water partition coefficient (Wildman–Crippen LogP) is 5.40. The molecule has 0 aliphatic heterocycles. The molecule has 1 amide bonds. The number of nitrogens with one attached hydrogen (secondary N) is 2. The first-order valence-corrected chi connectivity index (χ1v) is 13.7. The standard InChI is InChI=1S/C28H27N7O4S/c1-28(2,3)39-27(36)34-26-32-23(16-24(33-26)31-21-9-7-8-20(29)15-21)19-14-18-12-13-35(25(18)30-17-19)40(37,38)22-10-5-4-6-11-22/h4-17H,29H2,1-3H3,(H2,31,32,33,34,36). The average Bonchev–Trinajstić information content (AvgIpc) is 3.32. The summed E-state index contributed by atoms with van der Waals surface area (Å²) in [5.41, 5.74) is 7.72. The molecular weight excluding hydrogens is 530 g/mol. The van der Waals surface area contributed by atoms with Crippen molar-refractivity contribution in [3.63, 3.8) is 0 Å². The van der Waals surface area contributed by atoms with Crippen molar-refractivity contribution in [3.8, 4) is 11.3 Å². The summed E-state index contributed by atoms with van der Waals surface area (Å²) in [5.74, 6) is 0.383. The van der Waals surface area contributed by atoms with Crippen LogP contribution in [0.1, 0.15) is 20.8 Å². The number of pyridine rings is 1. The van der Waals surface area contributed by atoms with E-state index in [1.54, 1.807) is 75.4 Å². The molecule has 0 saturated heterocycles. The number of hydrogen-bond acceptors (Lipinski definition) is 9. The van der Waals surface area contributed by atoms with Gasteiger partial charge in [0.1, 0.15) is 11.4 Å². The maximum atomic E-state index is 13.2. The molecular formula is C28H27N7O4S. The molecule has 0 atom stereocenters. The highest BCUT2D eigenvalue weighted by molar-refractivity contribution is 7.90. The van der Waals surface area contributed by atoms with E-state index in [-0.39, 0.29) is 16.5 Å². The van der Waals surface area contributed by atoms with E-state index in [9.17, 15) is 13.2 Å². The number of rotatable bonds is 6. The van der Waals surface area contributed by atoms with Gasteiger partial charge in [0.15, 0.2) is 5.65 Å². The number of aromatic nitrogens is 4. The monoisotopic (exact) mass is 557 g/mol. The van der Waals surface area contributed by atoms with E-state index >= 15 is 0 Å². The third kappa shape index (κ3) is 5.86. The summed E-state index contributed by atoms with van der Waals surface area (Å²) >= 11 is 0. The topological polar surface area (TPSA) is 154 Å². The fourth-order valence-corrected chi connectivity index (χ4v) is 5.24. The van der Waals surface area contributed by atoms with Crippen molar-refractivity contribution in [1.82, 2.24) is 18.9 Å². The van der Waals surface area contributed by atoms with Crippen molar-refractivity contribution < 1.29 is 17.9 Å². The summed E-state index contributed by atoms with van der Waals surface area (Å²) in [4.78, 5) is 26.0. The maximum absolute atomic E-state index is 13.2. The number of nitrogens with zero attached hydrogens (tertiary/aromatic N) is 4. The zero-order valence-corrected chi connectivity index (χ0v) is 22.8. The van der Waals surface area contributed by atoms with Crippen molar-refractivity contribution in [3.05, 3.63) is 85.2 Å². The van der Waals surface area contributed by atoms with Gasteiger partial charge in [-0.05, 0) is 63.2 Å². The van der Waals surface area contributed by atoms with E-state index in [2.05, 4.69) is 25.6 Å². The summed E-state index contributed by atoms with van der Waals surface area (Å²) in [6.45, 7) is 5.25. The van der Waals surface area contributed by atoms with Crippen molar-refractivity contribution >= 4 is 50.3 Å². The van der Waals surface area contributed by atoms with Gasteiger partial charge in [0.25, 0.3) is 10.0 Å². The lowest BCUT2D eigenvalue weighted by Crippen LogP contribution is -2.27. The first-order valence-electron chi connectivity index (χ1n) is 12.3. The van der Waals surface area contributed by atoms with Crippen LogP contribution >= 0.6 is 0 Å². The molecule has 0 aliphatic rings. The van der Waals surface area contributed by atoms with Crippen molar-refractivity contribution in [2.24, 2.45) is 0 Å². The number of nitrogen functional groups attached to an aromatic ring is 1. The molecule has 0 saturated carbocycles. The Morgan fingerprint density at radius 2 is 1.75 bits per heavy atom. The van der Waals surface area contributed by atoms with Crippen LogP contribution < -0.4 is 16.4 Å². The van der Waals surface area contributed by atoms with Crippen molar-refractivity contribution in [2.45, 2.75) is 31.3 Å². The SMILES string of the molecule is CC(C)(C)OC(=O)Nc1nc(Nc2cccc(N)c2)cc(-c2cnc3c(ccn3S(=O)(=O)c3ccccc3)c2)n1. The number of fused-ring (bicyclic) bond motifs is 1. The Morgan fingerprint density at radius 1 is 0.975 bits per heavy atom. The summed E-state index contributed by atoms with van der Waals surface area (Å²) < 4.78 is 32.9. The molecule has 0 aliphatic carbocycles. The summed E-state index contributed by atoms with van der Waals surface area (Å²) in [7, 11) is -3.83. The molecule has 11 nitrogen and oxygen atoms in total. The van der Waals surface area contributed by atoms with Crippen LogP contribution in [0, 0.1) is 0 Å². The fourth-order valence-electron chi connectivity index (χ4n) is 3.91. The molecule has 40 heavy (non-hydrogen) atoms. The number of hydrogen-bond donors (Lipinski definition) is 3. The molecule has 4 N–H and O–H groups in total. The summed E-state index contributed by atoms with van der Waals surface area (Å²) in [5, 5.41) is 6.33. The van der Waals surface area contributed by atoms with Gasteiger partial charge in [0.2, 0.25) is 5.95 Å². The Hall–Kier alpha value is -4.97. The van der Waals surface area contributed by atoms with E-state index in [0.29, 0.717) is 33.8 Å². The Labute approximate surface area is 231 Å². The molecule has 12 heteroatoms. The minimum absolute atomic E-state index is 0.00229. The van der Waals surface area contributed by atoms with Crippen LogP contribution in [0.25, 0.3) is 22.3 Å². The van der Waals surface area contributed by atoms with Gasteiger partial charge in [-0.3, -0.25) is 5.32 Å². The third-order valence-corrected chi connectivity index (χ3v) is 7.27. The molecule has 0 radical (unpaired) electrons. The van der Waals surface area contributed by atoms with Gasteiger partial charge in [-0.15, -0.1) is 0 Å². The summed E-state index contributed by atoms with van der Waals surface area (Å²) in [6.07, 6.45) is 2.27. The molecule has 0 spiro atoms. The second-order valence-electron chi connectivity index (χ2n) is 9.91. The predicted molar refractivity (Wildman–Crippen MR) is 154 cm³/mol. The number of anilines is 4. The normalized spacial score (nSPS) is 11.8. The molecule has 3 heterocycles. The van der Waals surface area contributed by atoms with Crippen LogP contribution in [0.3, 0.4) is 0 Å². The maximum Gasteiger partial charge on any atom is 0.414 e. The average molecular weight is 558 g/mol. The third-order valence-electron chi connectivity index (χ3n) is 5.59. The quantitative estimate of drug-likeness (QED) is 0.233. The van der Waals surface area contributed by atoms with Gasteiger partial charge >= 0.3 is 6.09 Å². The second kappa shape index (κ2) is 10.3. The van der Waals surface area contributed by atoms with Gasteiger partial charge < -0.3 is 15.8 Å². The Kier molecular flexibility index (Phi) is 6.86. The first kappa shape index (κ1) is 26.6. The molecule has 3 aromatic heterocycles. The highest BCUT2D eigenvalue weighted by Gasteiger charge is 2.21. The van der Waals surface area contributed by atoms with Crippen LogP contribution in [-0.4, -0.2) is 39.0 Å². The smallest absolute Gasteiger partial charge is 0.414 e. The number of carbonyl (C=O) groups excluding carboxylic acids is 1. The van der Waals surface area contributed by atoms with E-state index < -0.39 is 21.7 Å². The van der Waals surface area contributed by atoms with Gasteiger partial charge in [0.05, 0.1) is 10.6 Å². The van der Waals surface area contributed by atoms with E-state index in [1.807, 2.05) is 6.07 Å².